The van der Waals surface area contributed by atoms with Gasteiger partial charge >= 0.3 is 5.97 Å². The second-order valence-electron chi connectivity index (χ2n) is 8.77. The minimum Gasteiger partial charge on any atom is -0.468 e. The van der Waals surface area contributed by atoms with Gasteiger partial charge in [0.25, 0.3) is 0 Å². The zero-order valence-corrected chi connectivity index (χ0v) is 18.6. The van der Waals surface area contributed by atoms with E-state index in [2.05, 4.69) is 0 Å². The standard InChI is InChI=1S/C28H20F4O3/c1-35-27(34)28-14-23(16-9-19(31)12-20(32)10-16)26(33)13-25(28)22-5-3-2-4-21(22)24(28)8-15-6-17(29)11-18(30)7-15/h2-12,14,25-26,33H,13H2,1H3/b24-8+/t25-,26+,28-/m1/s1. The molecule has 5 rings (SSSR count). The molecule has 2 aliphatic rings. The first kappa shape index (κ1) is 23.1. The molecule has 3 atom stereocenters. The zero-order valence-electron chi connectivity index (χ0n) is 18.6. The normalized spacial score (nSPS) is 24.1. The summed E-state index contributed by atoms with van der Waals surface area (Å²) in [6.45, 7) is 0. The molecule has 0 amide bonds. The van der Waals surface area contributed by atoms with E-state index in [1.807, 2.05) is 6.07 Å². The molecule has 0 aromatic heterocycles. The number of hydrogen-bond acceptors (Lipinski definition) is 3. The van der Waals surface area contributed by atoms with Crippen molar-refractivity contribution in [3.05, 3.63) is 112 Å². The molecule has 0 spiro atoms. The van der Waals surface area contributed by atoms with Crippen LogP contribution in [0.5, 0.6) is 0 Å². The topological polar surface area (TPSA) is 46.5 Å². The van der Waals surface area contributed by atoms with Gasteiger partial charge in [0.05, 0.1) is 13.2 Å². The summed E-state index contributed by atoms with van der Waals surface area (Å²) in [7, 11) is 1.22. The molecule has 3 nitrogen and oxygen atoms in total. The van der Waals surface area contributed by atoms with Gasteiger partial charge in [-0.3, -0.25) is 4.79 Å². The largest absolute Gasteiger partial charge is 0.468 e. The lowest BCUT2D eigenvalue weighted by molar-refractivity contribution is -0.148. The highest BCUT2D eigenvalue weighted by atomic mass is 19.1. The second kappa shape index (κ2) is 8.50. The monoisotopic (exact) mass is 480 g/mol. The van der Waals surface area contributed by atoms with Crippen molar-refractivity contribution in [3.8, 4) is 0 Å². The lowest BCUT2D eigenvalue weighted by atomic mass is 9.65. The molecule has 0 radical (unpaired) electrons. The molecule has 0 bridgehead atoms. The van der Waals surface area contributed by atoms with Crippen LogP contribution in [0, 0.1) is 28.7 Å². The Hall–Kier alpha value is -3.71. The Morgan fingerprint density at radius 2 is 1.57 bits per heavy atom. The van der Waals surface area contributed by atoms with Gasteiger partial charge in [0.2, 0.25) is 0 Å². The predicted molar refractivity (Wildman–Crippen MR) is 123 cm³/mol. The van der Waals surface area contributed by atoms with Crippen LogP contribution < -0.4 is 0 Å². The molecule has 0 unspecified atom stereocenters. The highest BCUT2D eigenvalue weighted by Crippen LogP contribution is 2.62. The molecule has 0 heterocycles. The van der Waals surface area contributed by atoms with E-state index in [4.69, 9.17) is 4.74 Å². The molecule has 2 aliphatic carbocycles. The summed E-state index contributed by atoms with van der Waals surface area (Å²) in [6, 6.07) is 13.1. The summed E-state index contributed by atoms with van der Waals surface area (Å²) >= 11 is 0. The second-order valence-corrected chi connectivity index (χ2v) is 8.77. The predicted octanol–water partition coefficient (Wildman–Crippen LogP) is 5.89. The Bertz CT molecular complexity index is 1370. The van der Waals surface area contributed by atoms with Gasteiger partial charge in [0.1, 0.15) is 28.7 Å². The van der Waals surface area contributed by atoms with Crippen molar-refractivity contribution < 1.29 is 32.2 Å². The number of esters is 1. The van der Waals surface area contributed by atoms with Crippen LogP contribution in [0.2, 0.25) is 0 Å². The van der Waals surface area contributed by atoms with Crippen LogP contribution in [0.3, 0.4) is 0 Å². The summed E-state index contributed by atoms with van der Waals surface area (Å²) in [5, 5.41) is 11.0. The van der Waals surface area contributed by atoms with Crippen LogP contribution in [0.15, 0.2) is 66.7 Å². The third-order valence-corrected chi connectivity index (χ3v) is 6.74. The number of fused-ring (bicyclic) bond motifs is 3. The van der Waals surface area contributed by atoms with E-state index >= 15 is 0 Å². The van der Waals surface area contributed by atoms with Gasteiger partial charge in [-0.15, -0.1) is 0 Å². The van der Waals surface area contributed by atoms with Crippen molar-refractivity contribution >= 4 is 23.2 Å². The minimum absolute atomic E-state index is 0.0604. The number of ether oxygens (including phenoxy) is 1. The van der Waals surface area contributed by atoms with E-state index in [0.29, 0.717) is 17.2 Å². The molecule has 0 saturated heterocycles. The molecule has 1 N–H and O–H groups in total. The average molecular weight is 480 g/mol. The zero-order chi connectivity index (χ0) is 24.9. The first-order valence-electron chi connectivity index (χ1n) is 11.0. The number of benzene rings is 3. The van der Waals surface area contributed by atoms with Crippen LogP contribution in [-0.2, 0) is 9.53 Å². The molecule has 0 aliphatic heterocycles. The van der Waals surface area contributed by atoms with Crippen LogP contribution >= 0.6 is 0 Å². The molecule has 178 valence electrons. The van der Waals surface area contributed by atoms with E-state index in [0.717, 1.165) is 35.9 Å². The van der Waals surface area contributed by atoms with E-state index in [1.165, 1.54) is 19.3 Å². The van der Waals surface area contributed by atoms with Gasteiger partial charge in [-0.05, 0) is 70.2 Å². The summed E-state index contributed by atoms with van der Waals surface area (Å²) < 4.78 is 61.2. The number of aliphatic hydroxyl groups excluding tert-OH is 1. The van der Waals surface area contributed by atoms with Gasteiger partial charge in [-0.1, -0.05) is 30.3 Å². The maximum atomic E-state index is 14.0. The molecule has 7 heteroatoms. The maximum absolute atomic E-state index is 14.0. The number of carbonyl (C=O) groups excluding carboxylic acids is 1. The lowest BCUT2D eigenvalue weighted by Gasteiger charge is -2.38. The Balaban J connectivity index is 1.82. The molecule has 0 saturated carbocycles. The van der Waals surface area contributed by atoms with Crippen LogP contribution in [0.25, 0.3) is 17.2 Å². The van der Waals surface area contributed by atoms with Crippen molar-refractivity contribution in [1.29, 1.82) is 0 Å². The van der Waals surface area contributed by atoms with Crippen molar-refractivity contribution in [3.63, 3.8) is 0 Å². The highest BCUT2D eigenvalue weighted by molar-refractivity contribution is 6.07. The fraction of sp³-hybridized carbons (Fsp3) is 0.179. The summed E-state index contributed by atoms with van der Waals surface area (Å²) in [5.74, 6) is -4.46. The molecule has 3 aromatic carbocycles. The first-order chi connectivity index (χ1) is 16.7. The molecule has 35 heavy (non-hydrogen) atoms. The van der Waals surface area contributed by atoms with Crippen LogP contribution in [0.1, 0.15) is 34.6 Å². The van der Waals surface area contributed by atoms with E-state index in [-0.39, 0.29) is 23.1 Å². The lowest BCUT2D eigenvalue weighted by Crippen LogP contribution is -2.39. The van der Waals surface area contributed by atoms with Gasteiger partial charge in [0, 0.05) is 18.1 Å². The third-order valence-electron chi connectivity index (χ3n) is 6.74. The van der Waals surface area contributed by atoms with E-state index in [1.54, 1.807) is 18.2 Å². The quantitative estimate of drug-likeness (QED) is 0.376. The van der Waals surface area contributed by atoms with E-state index in [9.17, 15) is 27.5 Å². The summed E-state index contributed by atoms with van der Waals surface area (Å²) in [6.07, 6.45) is 1.93. The number of rotatable bonds is 3. The summed E-state index contributed by atoms with van der Waals surface area (Å²) in [4.78, 5) is 13.5. The molecule has 0 fully saturated rings. The molecular weight excluding hydrogens is 460 g/mol. The molecular formula is C28H20F4O3. The number of methoxy groups -OCH3 is 1. The average Bonchev–Trinajstić information content (AvgIpc) is 3.06. The fourth-order valence-corrected chi connectivity index (χ4v) is 5.38. The molecule has 3 aromatic rings. The van der Waals surface area contributed by atoms with Crippen molar-refractivity contribution in [2.75, 3.05) is 7.11 Å². The SMILES string of the molecule is COC(=O)[C@@]12C=C(c3cc(F)cc(F)c3)[C@@H](O)C[C@@H]1c1ccccc1/C2=C\c1cc(F)cc(F)c1. The smallest absolute Gasteiger partial charge is 0.320 e. The number of halogens is 4. The minimum atomic E-state index is -1.50. The number of aliphatic hydroxyl groups is 1. The van der Waals surface area contributed by atoms with Gasteiger partial charge in [-0.25, -0.2) is 17.6 Å². The van der Waals surface area contributed by atoms with Crippen molar-refractivity contribution in [2.24, 2.45) is 5.41 Å². The Morgan fingerprint density at radius 3 is 2.20 bits per heavy atom. The van der Waals surface area contributed by atoms with Gasteiger partial charge in [0.15, 0.2) is 0 Å². The van der Waals surface area contributed by atoms with Crippen molar-refractivity contribution in [1.82, 2.24) is 0 Å². The Kier molecular flexibility index (Phi) is 5.60. The highest BCUT2D eigenvalue weighted by Gasteiger charge is 2.57. The van der Waals surface area contributed by atoms with Gasteiger partial charge < -0.3 is 9.84 Å². The third kappa shape index (κ3) is 3.76. The van der Waals surface area contributed by atoms with Crippen LogP contribution in [-0.4, -0.2) is 24.3 Å². The fourth-order valence-electron chi connectivity index (χ4n) is 5.38. The summed E-state index contributed by atoms with van der Waals surface area (Å²) in [5.41, 5.74) is 0.755. The first-order valence-corrected chi connectivity index (χ1v) is 11.0. The van der Waals surface area contributed by atoms with Gasteiger partial charge in [-0.2, -0.15) is 0 Å². The van der Waals surface area contributed by atoms with Crippen LogP contribution in [0.4, 0.5) is 17.6 Å². The number of carbonyl (C=O) groups is 1. The van der Waals surface area contributed by atoms with E-state index < -0.39 is 46.7 Å². The Labute approximate surface area is 199 Å². The maximum Gasteiger partial charge on any atom is 0.320 e. The Morgan fingerprint density at radius 1 is 0.971 bits per heavy atom. The van der Waals surface area contributed by atoms with Crippen molar-refractivity contribution in [2.45, 2.75) is 18.4 Å². The number of hydrogen-bond donors (Lipinski definition) is 1.